The summed E-state index contributed by atoms with van der Waals surface area (Å²) >= 11 is 1.24. The number of aromatic nitrogens is 6. The third-order valence-corrected chi connectivity index (χ3v) is 2.65. The summed E-state index contributed by atoms with van der Waals surface area (Å²) in [5, 5.41) is 8.76. The zero-order chi connectivity index (χ0) is 12.3. The minimum absolute atomic E-state index is 0.119. The molecule has 9 heteroatoms. The fourth-order valence-corrected chi connectivity index (χ4v) is 1.74. The first-order chi connectivity index (χ1) is 8.19. The SMILES string of the molecule is CCOc1nc(N)nc(Sc2nncn2C)n1. The highest BCUT2D eigenvalue weighted by molar-refractivity contribution is 7.99. The van der Waals surface area contributed by atoms with Crippen molar-refractivity contribution in [1.29, 1.82) is 0 Å². The Hall–Kier alpha value is -1.90. The van der Waals surface area contributed by atoms with Crippen LogP contribution < -0.4 is 10.5 Å². The molecule has 90 valence electrons. The summed E-state index contributed by atoms with van der Waals surface area (Å²) in [7, 11) is 1.83. The average Bonchev–Trinajstić information content (AvgIpc) is 2.64. The summed E-state index contributed by atoms with van der Waals surface area (Å²) in [6.07, 6.45) is 1.59. The Kier molecular flexibility index (Phi) is 3.38. The van der Waals surface area contributed by atoms with Gasteiger partial charge in [0.1, 0.15) is 6.33 Å². The van der Waals surface area contributed by atoms with Crippen LogP contribution in [0.5, 0.6) is 6.01 Å². The number of rotatable bonds is 4. The zero-order valence-corrected chi connectivity index (χ0v) is 10.2. The fraction of sp³-hybridized carbons (Fsp3) is 0.375. The van der Waals surface area contributed by atoms with Crippen LogP contribution in [-0.2, 0) is 7.05 Å². The largest absolute Gasteiger partial charge is 0.464 e. The average molecular weight is 253 g/mol. The lowest BCUT2D eigenvalue weighted by Gasteiger charge is -2.03. The van der Waals surface area contributed by atoms with Gasteiger partial charge < -0.3 is 15.0 Å². The molecule has 0 aliphatic heterocycles. The normalized spacial score (nSPS) is 10.5. The van der Waals surface area contributed by atoms with Crippen molar-refractivity contribution in [1.82, 2.24) is 29.7 Å². The number of aryl methyl sites for hydroxylation is 1. The van der Waals surface area contributed by atoms with E-state index < -0.39 is 0 Å². The van der Waals surface area contributed by atoms with E-state index in [-0.39, 0.29) is 12.0 Å². The molecule has 0 atom stereocenters. The van der Waals surface area contributed by atoms with E-state index in [1.807, 2.05) is 14.0 Å². The van der Waals surface area contributed by atoms with E-state index in [9.17, 15) is 0 Å². The van der Waals surface area contributed by atoms with Crippen LogP contribution >= 0.6 is 11.8 Å². The monoisotopic (exact) mass is 253 g/mol. The summed E-state index contributed by atoms with van der Waals surface area (Å²) < 4.78 is 6.93. The van der Waals surface area contributed by atoms with E-state index in [1.54, 1.807) is 10.9 Å². The molecule has 0 bridgehead atoms. The topological polar surface area (TPSA) is 105 Å². The lowest BCUT2D eigenvalue weighted by Crippen LogP contribution is -2.04. The molecular formula is C8H11N7OS. The van der Waals surface area contributed by atoms with Gasteiger partial charge in [-0.15, -0.1) is 10.2 Å². The van der Waals surface area contributed by atoms with E-state index >= 15 is 0 Å². The van der Waals surface area contributed by atoms with Crippen LogP contribution in [0.15, 0.2) is 16.6 Å². The van der Waals surface area contributed by atoms with Gasteiger partial charge in [-0.1, -0.05) is 0 Å². The van der Waals surface area contributed by atoms with E-state index in [1.165, 1.54) is 11.8 Å². The Morgan fingerprint density at radius 3 is 2.88 bits per heavy atom. The Bertz CT molecular complexity index is 514. The first-order valence-electron chi connectivity index (χ1n) is 4.85. The van der Waals surface area contributed by atoms with Crippen molar-refractivity contribution in [2.24, 2.45) is 7.05 Å². The maximum absolute atomic E-state index is 5.56. The maximum atomic E-state index is 5.56. The van der Waals surface area contributed by atoms with Crippen molar-refractivity contribution in [3.63, 3.8) is 0 Å². The third kappa shape index (κ3) is 2.81. The quantitative estimate of drug-likeness (QED) is 0.819. The number of nitrogens with two attached hydrogens (primary N) is 1. The molecule has 0 amide bonds. The van der Waals surface area contributed by atoms with Crippen molar-refractivity contribution < 1.29 is 4.74 Å². The van der Waals surface area contributed by atoms with Gasteiger partial charge in [-0.25, -0.2) is 0 Å². The number of nitrogens with zero attached hydrogens (tertiary/aromatic N) is 6. The second-order valence-corrected chi connectivity index (χ2v) is 3.95. The molecule has 0 unspecified atom stereocenters. The van der Waals surface area contributed by atoms with Gasteiger partial charge in [-0.3, -0.25) is 0 Å². The molecule has 2 aromatic heterocycles. The number of nitrogen functional groups attached to an aromatic ring is 1. The highest BCUT2D eigenvalue weighted by Gasteiger charge is 2.10. The molecule has 2 aromatic rings. The number of ether oxygens (including phenoxy) is 1. The molecule has 2 heterocycles. The Labute approximate surface area is 102 Å². The van der Waals surface area contributed by atoms with Crippen molar-refractivity contribution in [2.75, 3.05) is 12.3 Å². The molecule has 0 aromatic carbocycles. The maximum Gasteiger partial charge on any atom is 0.322 e. The van der Waals surface area contributed by atoms with Crippen LogP contribution in [-0.4, -0.2) is 36.3 Å². The van der Waals surface area contributed by atoms with Crippen LogP contribution in [0.4, 0.5) is 5.95 Å². The first-order valence-corrected chi connectivity index (χ1v) is 5.67. The molecule has 0 aliphatic carbocycles. The van der Waals surface area contributed by atoms with Gasteiger partial charge in [0.25, 0.3) is 0 Å². The highest BCUT2D eigenvalue weighted by Crippen LogP contribution is 2.23. The first kappa shape index (κ1) is 11.6. The Balaban J connectivity index is 2.23. The molecular weight excluding hydrogens is 242 g/mol. The molecule has 0 saturated heterocycles. The number of anilines is 1. The minimum atomic E-state index is 0.119. The molecule has 2 rings (SSSR count). The molecule has 2 N–H and O–H groups in total. The van der Waals surface area contributed by atoms with E-state index in [0.29, 0.717) is 16.9 Å². The molecule has 0 fully saturated rings. The molecule has 0 spiro atoms. The summed E-state index contributed by atoms with van der Waals surface area (Å²) in [6.45, 7) is 2.31. The summed E-state index contributed by atoms with van der Waals surface area (Å²) in [4.78, 5) is 11.9. The second-order valence-electron chi connectivity index (χ2n) is 3.02. The second kappa shape index (κ2) is 4.95. The predicted molar refractivity (Wildman–Crippen MR) is 60.5 cm³/mol. The van der Waals surface area contributed by atoms with Gasteiger partial charge in [0.2, 0.25) is 11.1 Å². The summed E-state index contributed by atoms with van der Waals surface area (Å²) in [6, 6.07) is 0.213. The lowest BCUT2D eigenvalue weighted by atomic mass is 10.8. The Morgan fingerprint density at radius 1 is 1.41 bits per heavy atom. The molecule has 8 nitrogen and oxygen atoms in total. The van der Waals surface area contributed by atoms with E-state index in [2.05, 4.69) is 25.1 Å². The van der Waals surface area contributed by atoms with Crippen LogP contribution in [0.1, 0.15) is 6.92 Å². The minimum Gasteiger partial charge on any atom is -0.464 e. The van der Waals surface area contributed by atoms with Crippen LogP contribution in [0, 0.1) is 0 Å². The van der Waals surface area contributed by atoms with E-state index in [0.717, 1.165) is 0 Å². The zero-order valence-electron chi connectivity index (χ0n) is 9.36. The third-order valence-electron chi connectivity index (χ3n) is 1.74. The van der Waals surface area contributed by atoms with Crippen LogP contribution in [0.3, 0.4) is 0 Å². The predicted octanol–water partition coefficient (Wildman–Crippen LogP) is 0.132. The number of hydrogen-bond acceptors (Lipinski definition) is 8. The van der Waals surface area contributed by atoms with Gasteiger partial charge in [0, 0.05) is 7.05 Å². The summed E-state index contributed by atoms with van der Waals surface area (Å²) in [5.74, 6) is 0.119. The van der Waals surface area contributed by atoms with Gasteiger partial charge in [-0.2, -0.15) is 15.0 Å². The highest BCUT2D eigenvalue weighted by atomic mass is 32.2. The summed E-state index contributed by atoms with van der Waals surface area (Å²) in [5.41, 5.74) is 5.56. The lowest BCUT2D eigenvalue weighted by molar-refractivity contribution is 0.308. The van der Waals surface area contributed by atoms with Gasteiger partial charge in [-0.05, 0) is 18.7 Å². The smallest absolute Gasteiger partial charge is 0.322 e. The number of hydrogen-bond donors (Lipinski definition) is 1. The van der Waals surface area contributed by atoms with Crippen molar-refractivity contribution in [3.05, 3.63) is 6.33 Å². The Morgan fingerprint density at radius 2 is 2.24 bits per heavy atom. The van der Waals surface area contributed by atoms with Crippen LogP contribution in [0.25, 0.3) is 0 Å². The van der Waals surface area contributed by atoms with Gasteiger partial charge >= 0.3 is 6.01 Å². The van der Waals surface area contributed by atoms with Crippen molar-refractivity contribution in [3.8, 4) is 6.01 Å². The fourth-order valence-electron chi connectivity index (χ4n) is 1.04. The molecule has 0 saturated carbocycles. The van der Waals surface area contributed by atoms with E-state index in [4.69, 9.17) is 10.5 Å². The standard InChI is InChI=1S/C8H11N7OS/c1-3-16-6-11-5(9)12-7(13-6)17-8-14-10-4-15(8)2/h4H,3H2,1-2H3,(H2,9,11,12,13). The molecule has 0 aliphatic rings. The van der Waals surface area contributed by atoms with Gasteiger partial charge in [0.05, 0.1) is 6.61 Å². The van der Waals surface area contributed by atoms with Crippen molar-refractivity contribution >= 4 is 17.7 Å². The van der Waals surface area contributed by atoms with Gasteiger partial charge in [0.15, 0.2) is 5.16 Å². The van der Waals surface area contributed by atoms with Crippen LogP contribution in [0.2, 0.25) is 0 Å². The molecule has 17 heavy (non-hydrogen) atoms. The molecule has 0 radical (unpaired) electrons. The van der Waals surface area contributed by atoms with Crippen molar-refractivity contribution in [2.45, 2.75) is 17.2 Å².